The number of fused-ring (bicyclic) bond motifs is 10. The number of ether oxygens (including phenoxy) is 4. The van der Waals surface area contributed by atoms with Crippen LogP contribution < -0.4 is 0 Å². The molecule has 65 heavy (non-hydrogen) atoms. The van der Waals surface area contributed by atoms with Crippen LogP contribution in [0.25, 0.3) is 0 Å². The number of hydrogen-bond donors (Lipinski definition) is 2. The van der Waals surface area contributed by atoms with E-state index >= 15 is 0 Å². The first-order valence-electron chi connectivity index (χ1n) is 25.3. The predicted molar refractivity (Wildman–Crippen MR) is 242 cm³/mol. The van der Waals surface area contributed by atoms with Crippen molar-refractivity contribution in [3.8, 4) is 0 Å². The summed E-state index contributed by atoms with van der Waals surface area (Å²) < 4.78 is 31.3. The minimum Gasteiger partial charge on any atom is -0.504 e. The fraction of sp³-hybridized carbons (Fsp3) is 0.764. The summed E-state index contributed by atoms with van der Waals surface area (Å²) in [7, 11) is 0. The second kappa shape index (κ2) is 14.0. The molecule has 2 N–H and O–H groups in total. The van der Waals surface area contributed by atoms with Crippen LogP contribution >= 0.6 is 0 Å². The van der Waals surface area contributed by atoms with Crippen LogP contribution in [0, 0.1) is 73.9 Å². The lowest BCUT2D eigenvalue weighted by atomic mass is 9.38. The highest BCUT2D eigenvalue weighted by Crippen LogP contribution is 2.81. The third-order valence-corrected chi connectivity index (χ3v) is 21.6. The summed E-state index contributed by atoms with van der Waals surface area (Å²) in [6.07, 6.45) is 20.8. The number of carbonyl (C=O) groups excluding carboxylic acids is 3. The van der Waals surface area contributed by atoms with Gasteiger partial charge in [0.25, 0.3) is 0 Å². The second-order valence-corrected chi connectivity index (χ2v) is 25.0. The maximum Gasteiger partial charge on any atom is 0.302 e. The number of allylic oxidation sites excluding steroid dienone is 6. The van der Waals surface area contributed by atoms with Gasteiger partial charge >= 0.3 is 5.97 Å². The summed E-state index contributed by atoms with van der Waals surface area (Å²) in [4.78, 5) is 39.6. The van der Waals surface area contributed by atoms with Crippen LogP contribution in [0.1, 0.15) is 151 Å². The van der Waals surface area contributed by atoms with Crippen molar-refractivity contribution in [3.05, 3.63) is 59.3 Å². The maximum atomic E-state index is 14.3. The largest absolute Gasteiger partial charge is 0.504 e. The molecule has 19 unspecified atom stereocenters. The van der Waals surface area contributed by atoms with E-state index in [1.165, 1.54) is 45.4 Å². The van der Waals surface area contributed by atoms with E-state index in [9.17, 15) is 24.6 Å². The van der Waals surface area contributed by atoms with Crippen LogP contribution in [0.5, 0.6) is 0 Å². The molecule has 5 saturated carbocycles. The van der Waals surface area contributed by atoms with Gasteiger partial charge in [0.2, 0.25) is 5.78 Å². The quantitative estimate of drug-likeness (QED) is 0.167. The zero-order valence-electron chi connectivity index (χ0n) is 40.5. The Hall–Kier alpha value is -3.05. The van der Waals surface area contributed by atoms with Crippen molar-refractivity contribution < 1.29 is 48.0 Å². The van der Waals surface area contributed by atoms with Gasteiger partial charge in [-0.2, -0.15) is 0 Å². The highest BCUT2D eigenvalue weighted by Gasteiger charge is 2.89. The molecule has 11 aliphatic rings. The number of epoxide rings is 1. The number of aliphatic hydroxyl groups is 2. The molecule has 0 amide bonds. The molecule has 10 heteroatoms. The van der Waals surface area contributed by atoms with Crippen molar-refractivity contribution in [2.24, 2.45) is 73.9 Å². The molecule has 1 aromatic rings. The Labute approximate surface area is 385 Å². The summed E-state index contributed by atoms with van der Waals surface area (Å²) >= 11 is 0. The van der Waals surface area contributed by atoms with Crippen molar-refractivity contribution >= 4 is 17.5 Å². The lowest BCUT2D eigenvalue weighted by molar-refractivity contribution is -0.272. The monoisotopic (exact) mass is 895 g/mol. The molecule has 0 radical (unpaired) electrons. The fourth-order valence-electron chi connectivity index (χ4n) is 18.7. The van der Waals surface area contributed by atoms with Gasteiger partial charge in [-0.05, 0) is 155 Å². The van der Waals surface area contributed by atoms with E-state index in [4.69, 9.17) is 23.4 Å². The minimum atomic E-state index is -1.17. The zero-order valence-corrected chi connectivity index (χ0v) is 40.5. The van der Waals surface area contributed by atoms with Gasteiger partial charge in [-0.25, -0.2) is 0 Å². The second-order valence-electron chi connectivity index (χ2n) is 25.0. The molecule has 12 rings (SSSR count). The van der Waals surface area contributed by atoms with E-state index in [2.05, 4.69) is 40.7 Å². The number of ketones is 2. The summed E-state index contributed by atoms with van der Waals surface area (Å²) in [5.74, 6) is 1.85. The number of carbonyl (C=O) groups is 3. The molecule has 10 nitrogen and oxygen atoms in total. The van der Waals surface area contributed by atoms with Gasteiger partial charge in [-0.1, -0.05) is 59.3 Å². The molecule has 4 heterocycles. The van der Waals surface area contributed by atoms with Gasteiger partial charge in [0, 0.05) is 36.0 Å². The Bertz CT molecular complexity index is 2280. The fourth-order valence-corrected chi connectivity index (χ4v) is 18.7. The molecule has 1 aromatic heterocycles. The van der Waals surface area contributed by atoms with Gasteiger partial charge in [0.15, 0.2) is 17.3 Å². The lowest BCUT2D eigenvalue weighted by Crippen LogP contribution is -2.70. The molecule has 3 aliphatic heterocycles. The van der Waals surface area contributed by atoms with E-state index in [0.717, 1.165) is 43.3 Å². The van der Waals surface area contributed by atoms with E-state index in [-0.39, 0.29) is 35.5 Å². The van der Waals surface area contributed by atoms with Gasteiger partial charge in [-0.3, -0.25) is 14.4 Å². The molecule has 8 aliphatic carbocycles. The average molecular weight is 895 g/mol. The van der Waals surface area contributed by atoms with Crippen LogP contribution in [0.4, 0.5) is 0 Å². The molecule has 2 spiro atoms. The molecule has 0 aromatic carbocycles. The van der Waals surface area contributed by atoms with Crippen molar-refractivity contribution in [2.45, 2.75) is 182 Å². The number of furan rings is 1. The Balaban J connectivity index is 0.000000146. The zero-order chi connectivity index (χ0) is 46.2. The molecule has 8 fully saturated rings. The van der Waals surface area contributed by atoms with E-state index in [1.54, 1.807) is 44.1 Å². The lowest BCUT2D eigenvalue weighted by Gasteiger charge is -2.64. The van der Waals surface area contributed by atoms with Crippen molar-refractivity contribution in [1.82, 2.24) is 0 Å². The Morgan fingerprint density at radius 1 is 0.938 bits per heavy atom. The third kappa shape index (κ3) is 5.52. The van der Waals surface area contributed by atoms with Crippen molar-refractivity contribution in [1.29, 1.82) is 0 Å². The van der Waals surface area contributed by atoms with Crippen LogP contribution in [0.2, 0.25) is 0 Å². The summed E-state index contributed by atoms with van der Waals surface area (Å²) in [6, 6.07) is 1.95. The SMILES string of the molecule is CC(=O)OC1CC2(C)C(c3ccoc3)CC3OC32C2(C)C(=O)C(O)=C3C(C)(C)C(=O)C=CC3(C)C12.CC1CCC2(OC1)OC1CC3C4CCC5CC(O)CCC5(C)C4=CCC3(C)C1C2C. The van der Waals surface area contributed by atoms with Crippen LogP contribution in [0.3, 0.4) is 0 Å². The summed E-state index contributed by atoms with van der Waals surface area (Å²) in [5.41, 5.74) is -0.599. The first-order valence-corrected chi connectivity index (χ1v) is 25.3. The smallest absolute Gasteiger partial charge is 0.302 e. The number of esters is 1. The van der Waals surface area contributed by atoms with Crippen LogP contribution in [-0.4, -0.2) is 70.2 Å². The Morgan fingerprint density at radius 2 is 1.71 bits per heavy atom. The molecular weight excluding hydrogens is 821 g/mol. The first kappa shape index (κ1) is 44.5. The molecule has 354 valence electrons. The van der Waals surface area contributed by atoms with Gasteiger partial charge in [-0.15, -0.1) is 0 Å². The normalized spacial score (nSPS) is 52.9. The van der Waals surface area contributed by atoms with E-state index < -0.39 is 51.0 Å². The highest BCUT2D eigenvalue weighted by molar-refractivity contribution is 6.06. The Kier molecular flexibility index (Phi) is 9.60. The minimum absolute atomic E-state index is 0.0453. The topological polar surface area (TPSA) is 145 Å². The summed E-state index contributed by atoms with van der Waals surface area (Å²) in [5, 5.41) is 21.8. The summed E-state index contributed by atoms with van der Waals surface area (Å²) in [6.45, 7) is 21.5. The van der Waals surface area contributed by atoms with Gasteiger partial charge in [0.05, 0.1) is 48.3 Å². The van der Waals surface area contributed by atoms with Gasteiger partial charge in [0.1, 0.15) is 11.7 Å². The Morgan fingerprint density at radius 3 is 2.40 bits per heavy atom. The number of rotatable bonds is 2. The number of hydrogen-bond acceptors (Lipinski definition) is 10. The first-order chi connectivity index (χ1) is 30.5. The van der Waals surface area contributed by atoms with E-state index in [1.807, 2.05) is 19.9 Å². The number of aliphatic hydroxyl groups excluding tert-OH is 2. The number of Topliss-reactive ketones (excluding diaryl/α,β-unsaturated/α-hetero) is 1. The van der Waals surface area contributed by atoms with E-state index in [0.29, 0.717) is 59.0 Å². The highest BCUT2D eigenvalue weighted by atomic mass is 16.7. The van der Waals surface area contributed by atoms with Crippen LogP contribution in [-0.2, 0) is 33.3 Å². The molecule has 0 bridgehead atoms. The average Bonchev–Trinajstić information content (AvgIpc) is 3.48. The van der Waals surface area contributed by atoms with Crippen LogP contribution in [0.15, 0.2) is 58.1 Å². The predicted octanol–water partition coefficient (Wildman–Crippen LogP) is 10.1. The molecular formula is C55H74O10. The molecule has 3 saturated heterocycles. The van der Waals surface area contributed by atoms with Crippen molar-refractivity contribution in [2.75, 3.05) is 6.61 Å². The van der Waals surface area contributed by atoms with Crippen molar-refractivity contribution in [3.63, 3.8) is 0 Å². The maximum absolute atomic E-state index is 14.3. The standard InChI is InChI=1S/C28H32O7.C27H42O3/c1-14(29)34-17-12-26(5)16(15-8-10-33-13-15)11-19-28(26,35-19)27(6)21(17)25(4)9-7-18(30)24(2,3)22(25)20(31)23(27)32;1-16-7-12-27(29-15-16)17(2)24-23(30-27)14-22-20-6-5-18-13-19(28)8-10-25(18,3)21(20)9-11-26(22,24)4/h7-10,13,16-17,19,21,31H,11-12H2,1-6H3;9,16-20,22-24,28H,5-8,10-15H2,1-4H3. The van der Waals surface area contributed by atoms with Gasteiger partial charge < -0.3 is 33.6 Å². The third-order valence-electron chi connectivity index (χ3n) is 21.6. The molecule has 19 atom stereocenters.